The average molecular weight is 329 g/mol. The van der Waals surface area contributed by atoms with Crippen LogP contribution in [-0.2, 0) is 0 Å². The molecule has 0 saturated heterocycles. The molecule has 0 bridgehead atoms. The molecule has 0 aromatic heterocycles. The van der Waals surface area contributed by atoms with Crippen molar-refractivity contribution in [2.75, 3.05) is 7.05 Å². The van der Waals surface area contributed by atoms with Crippen LogP contribution in [0.5, 0.6) is 0 Å². The molecule has 0 aliphatic heterocycles. The summed E-state index contributed by atoms with van der Waals surface area (Å²) in [7, 11) is 1.93. The summed E-state index contributed by atoms with van der Waals surface area (Å²) in [5, 5.41) is 0. The molecule has 0 heterocycles. The minimum atomic E-state index is 0.164. The second-order valence-corrected chi connectivity index (χ2v) is 5.50. The van der Waals surface area contributed by atoms with Crippen LogP contribution in [0.2, 0.25) is 0 Å². The topological polar surface area (TPSA) is 20.3 Å². The molecule has 86 valence electrons. The summed E-state index contributed by atoms with van der Waals surface area (Å²) in [5.74, 6) is 0.164. The van der Waals surface area contributed by atoms with Crippen molar-refractivity contribution in [3.63, 3.8) is 0 Å². The van der Waals surface area contributed by atoms with Crippen molar-refractivity contribution < 1.29 is 4.79 Å². The summed E-state index contributed by atoms with van der Waals surface area (Å²) in [6, 6.07) is 8.24. The highest BCUT2D eigenvalue weighted by Gasteiger charge is 2.24. The summed E-state index contributed by atoms with van der Waals surface area (Å²) < 4.78 is 1.04. The molecule has 16 heavy (non-hydrogen) atoms. The van der Waals surface area contributed by atoms with Gasteiger partial charge in [-0.05, 0) is 47.6 Å². The standard InChI is InChI=1S/C13H16INO/c1-15(10-6-2-3-7-10)13(16)11-8-4-5-9-12(11)14/h4-5,8-10H,2-3,6-7H2,1H3. The minimum Gasteiger partial charge on any atom is -0.339 e. The van der Waals surface area contributed by atoms with Gasteiger partial charge in [0.05, 0.1) is 5.56 Å². The molecular formula is C13H16INO. The molecule has 1 aliphatic carbocycles. The van der Waals surface area contributed by atoms with Gasteiger partial charge in [-0.25, -0.2) is 0 Å². The van der Waals surface area contributed by atoms with Crippen LogP contribution < -0.4 is 0 Å². The monoisotopic (exact) mass is 329 g/mol. The molecule has 1 amide bonds. The molecule has 1 saturated carbocycles. The highest BCUT2D eigenvalue weighted by molar-refractivity contribution is 14.1. The number of hydrogen-bond donors (Lipinski definition) is 0. The van der Waals surface area contributed by atoms with E-state index in [1.807, 2.05) is 36.2 Å². The maximum Gasteiger partial charge on any atom is 0.254 e. The predicted octanol–water partition coefficient (Wildman–Crippen LogP) is 3.31. The second kappa shape index (κ2) is 5.17. The maximum absolute atomic E-state index is 12.3. The number of hydrogen-bond acceptors (Lipinski definition) is 1. The lowest BCUT2D eigenvalue weighted by molar-refractivity contribution is 0.0734. The number of carbonyl (C=O) groups excluding carboxylic acids is 1. The van der Waals surface area contributed by atoms with Crippen LogP contribution in [0.1, 0.15) is 36.0 Å². The zero-order valence-electron chi connectivity index (χ0n) is 9.45. The van der Waals surface area contributed by atoms with Gasteiger partial charge in [-0.1, -0.05) is 25.0 Å². The van der Waals surface area contributed by atoms with Gasteiger partial charge < -0.3 is 4.90 Å². The first-order valence-electron chi connectivity index (χ1n) is 5.72. The maximum atomic E-state index is 12.3. The fourth-order valence-corrected chi connectivity index (χ4v) is 2.90. The van der Waals surface area contributed by atoms with Gasteiger partial charge in [-0.2, -0.15) is 0 Å². The van der Waals surface area contributed by atoms with Crippen molar-refractivity contribution in [1.29, 1.82) is 0 Å². The van der Waals surface area contributed by atoms with E-state index in [4.69, 9.17) is 0 Å². The number of rotatable bonds is 2. The van der Waals surface area contributed by atoms with Crippen LogP contribution in [0.4, 0.5) is 0 Å². The Hall–Kier alpha value is -0.580. The molecular weight excluding hydrogens is 313 g/mol. The highest BCUT2D eigenvalue weighted by atomic mass is 127. The molecule has 1 fully saturated rings. The first-order chi connectivity index (χ1) is 7.70. The largest absolute Gasteiger partial charge is 0.339 e. The molecule has 0 unspecified atom stereocenters. The van der Waals surface area contributed by atoms with E-state index < -0.39 is 0 Å². The van der Waals surface area contributed by atoms with Gasteiger partial charge in [0.2, 0.25) is 0 Å². The smallest absolute Gasteiger partial charge is 0.254 e. The van der Waals surface area contributed by atoms with Gasteiger partial charge in [0.1, 0.15) is 0 Å². The Morgan fingerprint density at radius 2 is 1.94 bits per heavy atom. The number of halogens is 1. The molecule has 3 heteroatoms. The Morgan fingerprint density at radius 1 is 1.31 bits per heavy atom. The summed E-state index contributed by atoms with van der Waals surface area (Å²) in [4.78, 5) is 14.2. The first-order valence-corrected chi connectivity index (χ1v) is 6.79. The predicted molar refractivity (Wildman–Crippen MR) is 73.5 cm³/mol. The number of benzene rings is 1. The first kappa shape index (κ1) is 11.9. The van der Waals surface area contributed by atoms with Crippen LogP contribution in [-0.4, -0.2) is 23.9 Å². The summed E-state index contributed by atoms with van der Waals surface area (Å²) in [6.45, 7) is 0. The Labute approximate surface area is 110 Å². The number of nitrogens with zero attached hydrogens (tertiary/aromatic N) is 1. The van der Waals surface area contributed by atoms with Crippen molar-refractivity contribution in [3.8, 4) is 0 Å². The van der Waals surface area contributed by atoms with Crippen LogP contribution in [0.15, 0.2) is 24.3 Å². The molecule has 1 aliphatic rings. The van der Waals surface area contributed by atoms with Crippen molar-refractivity contribution in [1.82, 2.24) is 4.90 Å². The third-order valence-electron chi connectivity index (χ3n) is 3.30. The highest BCUT2D eigenvalue weighted by Crippen LogP contribution is 2.24. The van der Waals surface area contributed by atoms with E-state index in [1.54, 1.807) is 0 Å². The van der Waals surface area contributed by atoms with Crippen LogP contribution in [0.3, 0.4) is 0 Å². The molecule has 2 rings (SSSR count). The third-order valence-corrected chi connectivity index (χ3v) is 4.24. The lowest BCUT2D eigenvalue weighted by Gasteiger charge is -2.24. The van der Waals surface area contributed by atoms with Gasteiger partial charge in [0.15, 0.2) is 0 Å². The number of amides is 1. The van der Waals surface area contributed by atoms with Gasteiger partial charge in [0, 0.05) is 16.7 Å². The molecule has 1 aromatic carbocycles. The Morgan fingerprint density at radius 3 is 2.56 bits per heavy atom. The van der Waals surface area contributed by atoms with E-state index in [9.17, 15) is 4.79 Å². The Balaban J connectivity index is 2.15. The summed E-state index contributed by atoms with van der Waals surface area (Å²) in [5.41, 5.74) is 0.831. The van der Waals surface area contributed by atoms with Crippen molar-refractivity contribution in [2.24, 2.45) is 0 Å². The third kappa shape index (κ3) is 2.39. The fourth-order valence-electron chi connectivity index (χ4n) is 2.28. The van der Waals surface area contributed by atoms with E-state index in [0.29, 0.717) is 6.04 Å². The molecule has 1 aromatic rings. The SMILES string of the molecule is CN(C(=O)c1ccccc1I)C1CCCC1. The van der Waals surface area contributed by atoms with Crippen LogP contribution >= 0.6 is 22.6 Å². The van der Waals surface area contributed by atoms with E-state index in [-0.39, 0.29) is 5.91 Å². The molecule has 0 atom stereocenters. The van der Waals surface area contributed by atoms with Gasteiger partial charge >= 0.3 is 0 Å². The fraction of sp³-hybridized carbons (Fsp3) is 0.462. The van der Waals surface area contributed by atoms with E-state index in [0.717, 1.165) is 22.0 Å². The van der Waals surface area contributed by atoms with Crippen LogP contribution in [0.25, 0.3) is 0 Å². The molecule has 0 radical (unpaired) electrons. The minimum absolute atomic E-state index is 0.164. The number of carbonyl (C=O) groups is 1. The van der Waals surface area contributed by atoms with Crippen molar-refractivity contribution in [3.05, 3.63) is 33.4 Å². The van der Waals surface area contributed by atoms with Crippen molar-refractivity contribution in [2.45, 2.75) is 31.7 Å². The van der Waals surface area contributed by atoms with E-state index >= 15 is 0 Å². The van der Waals surface area contributed by atoms with E-state index in [2.05, 4.69) is 22.6 Å². The van der Waals surface area contributed by atoms with Gasteiger partial charge in [-0.3, -0.25) is 4.79 Å². The Kier molecular flexibility index (Phi) is 3.84. The van der Waals surface area contributed by atoms with E-state index in [1.165, 1.54) is 12.8 Å². The van der Waals surface area contributed by atoms with Gasteiger partial charge in [0.25, 0.3) is 5.91 Å². The lowest BCUT2D eigenvalue weighted by Crippen LogP contribution is -2.35. The quantitative estimate of drug-likeness (QED) is 0.763. The zero-order chi connectivity index (χ0) is 11.5. The zero-order valence-corrected chi connectivity index (χ0v) is 11.6. The van der Waals surface area contributed by atoms with Crippen LogP contribution in [0, 0.1) is 3.57 Å². The summed E-state index contributed by atoms with van der Waals surface area (Å²) >= 11 is 2.22. The lowest BCUT2D eigenvalue weighted by atomic mass is 10.1. The Bertz CT molecular complexity index is 385. The van der Waals surface area contributed by atoms with Crippen molar-refractivity contribution >= 4 is 28.5 Å². The summed E-state index contributed by atoms with van der Waals surface area (Å²) in [6.07, 6.45) is 4.83. The molecule has 0 spiro atoms. The molecule has 2 nitrogen and oxygen atoms in total. The second-order valence-electron chi connectivity index (χ2n) is 4.33. The van der Waals surface area contributed by atoms with Gasteiger partial charge in [-0.15, -0.1) is 0 Å². The normalized spacial score (nSPS) is 16.4. The molecule has 0 N–H and O–H groups in total. The average Bonchev–Trinajstić information content (AvgIpc) is 2.81.